The lowest BCUT2D eigenvalue weighted by Crippen LogP contribution is -2.17. The Hall–Kier alpha value is -0.600. The molecule has 0 aromatic heterocycles. The molecule has 0 spiro atoms. The van der Waals surface area contributed by atoms with Crippen LogP contribution >= 0.6 is 0 Å². The third-order valence-electron chi connectivity index (χ3n) is 1.42. The zero-order valence-corrected chi connectivity index (χ0v) is 8.01. The maximum Gasteiger partial charge on any atom is 0.161 e. The van der Waals surface area contributed by atoms with Crippen LogP contribution in [-0.2, 0) is 9.47 Å². The number of ether oxygens (including phenoxy) is 2. The van der Waals surface area contributed by atoms with Gasteiger partial charge in [0, 0.05) is 19.6 Å². The van der Waals surface area contributed by atoms with Gasteiger partial charge in [-0.15, -0.1) is 0 Å². The summed E-state index contributed by atoms with van der Waals surface area (Å²) in [6.45, 7) is 12.6. The van der Waals surface area contributed by atoms with Crippen LogP contribution in [0.3, 0.4) is 0 Å². The van der Waals surface area contributed by atoms with E-state index in [1.165, 1.54) is 0 Å². The zero-order valence-electron chi connectivity index (χ0n) is 8.01. The highest BCUT2D eigenvalue weighted by Gasteiger charge is 2.07. The van der Waals surface area contributed by atoms with E-state index in [-0.39, 0.29) is 6.29 Å². The molecule has 0 amide bonds. The van der Waals surface area contributed by atoms with E-state index in [9.17, 15) is 0 Å². The Morgan fingerprint density at radius 2 is 1.83 bits per heavy atom. The van der Waals surface area contributed by atoms with Crippen molar-refractivity contribution in [1.82, 2.24) is 0 Å². The van der Waals surface area contributed by atoms with Crippen molar-refractivity contribution in [3.8, 4) is 0 Å². The summed E-state index contributed by atoms with van der Waals surface area (Å²) >= 11 is 0. The maximum atomic E-state index is 5.32. The van der Waals surface area contributed by atoms with Crippen molar-refractivity contribution in [3.05, 3.63) is 24.8 Å². The Morgan fingerprint density at radius 3 is 2.17 bits per heavy atom. The SMILES string of the molecule is C=CC(=C)CC(OCC)OCC. The van der Waals surface area contributed by atoms with Gasteiger partial charge in [0.1, 0.15) is 0 Å². The molecule has 0 fully saturated rings. The minimum Gasteiger partial charge on any atom is -0.353 e. The summed E-state index contributed by atoms with van der Waals surface area (Å²) in [4.78, 5) is 0. The van der Waals surface area contributed by atoms with Gasteiger partial charge in [0.25, 0.3) is 0 Å². The molecule has 70 valence electrons. The predicted molar refractivity (Wildman–Crippen MR) is 51.0 cm³/mol. The van der Waals surface area contributed by atoms with Crippen molar-refractivity contribution in [1.29, 1.82) is 0 Å². The highest BCUT2D eigenvalue weighted by Crippen LogP contribution is 2.08. The minimum atomic E-state index is -0.162. The van der Waals surface area contributed by atoms with Crippen molar-refractivity contribution in [3.63, 3.8) is 0 Å². The van der Waals surface area contributed by atoms with Crippen molar-refractivity contribution >= 4 is 0 Å². The molecule has 0 unspecified atom stereocenters. The molecule has 0 aromatic rings. The zero-order chi connectivity index (χ0) is 9.40. The summed E-state index contributed by atoms with van der Waals surface area (Å²) < 4.78 is 10.6. The van der Waals surface area contributed by atoms with E-state index in [4.69, 9.17) is 9.47 Å². The molecular weight excluding hydrogens is 152 g/mol. The van der Waals surface area contributed by atoms with Crippen molar-refractivity contribution < 1.29 is 9.47 Å². The molecule has 0 bridgehead atoms. The van der Waals surface area contributed by atoms with Crippen LogP contribution in [0.1, 0.15) is 20.3 Å². The Balaban J connectivity index is 3.76. The van der Waals surface area contributed by atoms with Crippen molar-refractivity contribution in [2.24, 2.45) is 0 Å². The fraction of sp³-hybridized carbons (Fsp3) is 0.600. The standard InChI is InChI=1S/C10H18O2/c1-5-9(4)8-10(11-6-2)12-7-3/h5,10H,1,4,6-8H2,2-3H3. The van der Waals surface area contributed by atoms with Gasteiger partial charge in [0.15, 0.2) is 6.29 Å². The molecule has 0 radical (unpaired) electrons. The van der Waals surface area contributed by atoms with Crippen LogP contribution in [0.5, 0.6) is 0 Å². The smallest absolute Gasteiger partial charge is 0.161 e. The fourth-order valence-electron chi connectivity index (χ4n) is 0.835. The second-order valence-electron chi connectivity index (χ2n) is 2.41. The molecule has 0 saturated carbocycles. The average Bonchev–Trinajstić information content (AvgIpc) is 2.05. The molecule has 0 atom stereocenters. The predicted octanol–water partition coefficient (Wildman–Crippen LogP) is 2.52. The van der Waals surface area contributed by atoms with Crippen LogP contribution in [0.15, 0.2) is 24.8 Å². The van der Waals surface area contributed by atoms with Gasteiger partial charge in [-0.05, 0) is 13.8 Å². The quantitative estimate of drug-likeness (QED) is 0.432. The van der Waals surface area contributed by atoms with Gasteiger partial charge in [-0.3, -0.25) is 0 Å². The highest BCUT2D eigenvalue weighted by molar-refractivity contribution is 5.10. The summed E-state index contributed by atoms with van der Waals surface area (Å²) in [7, 11) is 0. The van der Waals surface area contributed by atoms with E-state index in [0.29, 0.717) is 19.6 Å². The highest BCUT2D eigenvalue weighted by atomic mass is 16.7. The van der Waals surface area contributed by atoms with Gasteiger partial charge in [-0.25, -0.2) is 0 Å². The van der Waals surface area contributed by atoms with Crippen LogP contribution in [0.4, 0.5) is 0 Å². The summed E-state index contributed by atoms with van der Waals surface area (Å²) in [5.74, 6) is 0. The molecule has 0 aliphatic rings. The summed E-state index contributed by atoms with van der Waals surface area (Å²) in [5, 5.41) is 0. The lowest BCUT2D eigenvalue weighted by molar-refractivity contribution is -0.134. The molecule has 0 rings (SSSR count). The fourth-order valence-corrected chi connectivity index (χ4v) is 0.835. The summed E-state index contributed by atoms with van der Waals surface area (Å²) in [6, 6.07) is 0. The van der Waals surface area contributed by atoms with Gasteiger partial charge in [0.2, 0.25) is 0 Å². The van der Waals surface area contributed by atoms with E-state index < -0.39 is 0 Å². The van der Waals surface area contributed by atoms with Crippen LogP contribution < -0.4 is 0 Å². The molecule has 0 aliphatic carbocycles. The second-order valence-corrected chi connectivity index (χ2v) is 2.41. The summed E-state index contributed by atoms with van der Waals surface area (Å²) in [6.07, 6.45) is 2.27. The van der Waals surface area contributed by atoms with Gasteiger partial charge >= 0.3 is 0 Å². The molecule has 0 N–H and O–H groups in total. The first-order valence-electron chi connectivity index (χ1n) is 4.28. The minimum absolute atomic E-state index is 0.162. The Kier molecular flexibility index (Phi) is 6.72. The topological polar surface area (TPSA) is 18.5 Å². The average molecular weight is 170 g/mol. The Bertz CT molecular complexity index is 135. The van der Waals surface area contributed by atoms with E-state index in [1.807, 2.05) is 13.8 Å². The van der Waals surface area contributed by atoms with Gasteiger partial charge < -0.3 is 9.47 Å². The number of hydrogen-bond donors (Lipinski definition) is 0. The van der Waals surface area contributed by atoms with Gasteiger partial charge in [0.05, 0.1) is 0 Å². The van der Waals surface area contributed by atoms with Gasteiger partial charge in [-0.1, -0.05) is 24.8 Å². The number of allylic oxidation sites excluding steroid dienone is 1. The Labute approximate surface area is 74.9 Å². The monoisotopic (exact) mass is 170 g/mol. The molecule has 0 saturated heterocycles. The van der Waals surface area contributed by atoms with Gasteiger partial charge in [-0.2, -0.15) is 0 Å². The van der Waals surface area contributed by atoms with E-state index in [0.717, 1.165) is 5.57 Å². The third kappa shape index (κ3) is 5.10. The lowest BCUT2D eigenvalue weighted by atomic mass is 10.2. The normalized spacial score (nSPS) is 10.2. The maximum absolute atomic E-state index is 5.32. The second kappa shape index (κ2) is 7.07. The van der Waals surface area contributed by atoms with Crippen molar-refractivity contribution in [2.75, 3.05) is 13.2 Å². The number of rotatable bonds is 7. The van der Waals surface area contributed by atoms with E-state index in [2.05, 4.69) is 13.2 Å². The first-order chi connectivity index (χ1) is 5.74. The molecule has 0 aliphatic heterocycles. The molecular formula is C10H18O2. The Morgan fingerprint density at radius 1 is 1.33 bits per heavy atom. The van der Waals surface area contributed by atoms with Crippen molar-refractivity contribution in [2.45, 2.75) is 26.6 Å². The molecule has 2 nitrogen and oxygen atoms in total. The van der Waals surface area contributed by atoms with E-state index >= 15 is 0 Å². The van der Waals surface area contributed by atoms with E-state index in [1.54, 1.807) is 6.08 Å². The molecule has 12 heavy (non-hydrogen) atoms. The number of hydrogen-bond acceptors (Lipinski definition) is 2. The first kappa shape index (κ1) is 11.4. The lowest BCUT2D eigenvalue weighted by Gasteiger charge is -2.16. The molecule has 2 heteroatoms. The molecule has 0 aromatic carbocycles. The largest absolute Gasteiger partial charge is 0.353 e. The van der Waals surface area contributed by atoms with Crippen LogP contribution in [0.2, 0.25) is 0 Å². The molecule has 0 heterocycles. The first-order valence-corrected chi connectivity index (χ1v) is 4.28. The summed E-state index contributed by atoms with van der Waals surface area (Å²) in [5.41, 5.74) is 0.946. The third-order valence-corrected chi connectivity index (χ3v) is 1.42. The van der Waals surface area contributed by atoms with Crippen LogP contribution in [0.25, 0.3) is 0 Å². The van der Waals surface area contributed by atoms with Crippen LogP contribution in [-0.4, -0.2) is 19.5 Å². The van der Waals surface area contributed by atoms with Crippen LogP contribution in [0, 0.1) is 0 Å².